The number of anilines is 1. The van der Waals surface area contributed by atoms with Crippen LogP contribution in [0, 0.1) is 5.92 Å². The Bertz CT molecular complexity index is 778. The number of esters is 1. The van der Waals surface area contributed by atoms with Crippen LogP contribution in [-0.4, -0.2) is 16.9 Å². The number of hydrogen-bond acceptors (Lipinski definition) is 4. The predicted molar refractivity (Wildman–Crippen MR) is 93.2 cm³/mol. The van der Waals surface area contributed by atoms with Gasteiger partial charge in [0.15, 0.2) is 0 Å². The van der Waals surface area contributed by atoms with Gasteiger partial charge in [0.25, 0.3) is 0 Å². The van der Waals surface area contributed by atoms with Gasteiger partial charge in [-0.15, -0.1) is 0 Å². The molecule has 1 heterocycles. The first-order valence-corrected chi connectivity index (χ1v) is 8.71. The summed E-state index contributed by atoms with van der Waals surface area (Å²) in [6.07, 6.45) is 7.97. The second-order valence-corrected chi connectivity index (χ2v) is 6.85. The minimum Gasteiger partial charge on any atom is -0.426 e. The van der Waals surface area contributed by atoms with Gasteiger partial charge in [0.2, 0.25) is 5.91 Å². The molecule has 1 aromatic heterocycles. The number of rotatable bonds is 5. The van der Waals surface area contributed by atoms with E-state index >= 15 is 0 Å². The number of nitrogens with one attached hydrogen (secondary N) is 1. The Kier molecular flexibility index (Phi) is 3.99. The Morgan fingerprint density at radius 3 is 2.44 bits per heavy atom. The molecule has 25 heavy (non-hydrogen) atoms. The van der Waals surface area contributed by atoms with Crippen LogP contribution in [0.5, 0.6) is 5.75 Å². The number of ether oxygens (including phenoxy) is 1. The molecule has 2 saturated carbocycles. The third-order valence-corrected chi connectivity index (χ3v) is 5.09. The third kappa shape index (κ3) is 3.14. The summed E-state index contributed by atoms with van der Waals surface area (Å²) in [5.41, 5.74) is 1.06. The van der Waals surface area contributed by atoms with Gasteiger partial charge in [-0.3, -0.25) is 14.6 Å². The lowest BCUT2D eigenvalue weighted by atomic mass is 9.65. The summed E-state index contributed by atoms with van der Waals surface area (Å²) in [5, 5.41) is 2.88. The molecule has 128 valence electrons. The number of nitrogens with zero attached hydrogens (tertiary/aromatic N) is 1. The Morgan fingerprint density at radius 2 is 1.88 bits per heavy atom. The Labute approximate surface area is 146 Å². The van der Waals surface area contributed by atoms with Crippen LogP contribution in [0.25, 0.3) is 0 Å². The number of carbonyl (C=O) groups excluding carboxylic acids is 2. The summed E-state index contributed by atoms with van der Waals surface area (Å²) < 4.78 is 5.62. The first kappa shape index (κ1) is 15.8. The minimum absolute atomic E-state index is 0.0646. The molecule has 0 atom stereocenters. The first-order valence-electron chi connectivity index (χ1n) is 8.71. The van der Waals surface area contributed by atoms with Gasteiger partial charge in [0.1, 0.15) is 5.75 Å². The van der Waals surface area contributed by atoms with E-state index in [0.717, 1.165) is 43.4 Å². The summed E-state index contributed by atoms with van der Waals surface area (Å²) in [5.74, 6) is 0.483. The Morgan fingerprint density at radius 1 is 1.12 bits per heavy atom. The van der Waals surface area contributed by atoms with Crippen molar-refractivity contribution in [3.63, 3.8) is 0 Å². The van der Waals surface area contributed by atoms with Crippen molar-refractivity contribution in [2.75, 3.05) is 5.32 Å². The van der Waals surface area contributed by atoms with E-state index in [2.05, 4.69) is 10.3 Å². The first-order chi connectivity index (χ1) is 12.2. The third-order valence-electron chi connectivity index (χ3n) is 5.09. The van der Waals surface area contributed by atoms with Crippen LogP contribution in [0.1, 0.15) is 37.7 Å². The highest BCUT2D eigenvalue weighted by molar-refractivity contribution is 5.94. The van der Waals surface area contributed by atoms with Crippen molar-refractivity contribution in [1.29, 1.82) is 0 Å². The molecule has 0 radical (unpaired) electrons. The monoisotopic (exact) mass is 336 g/mol. The van der Waals surface area contributed by atoms with E-state index < -0.39 is 5.41 Å². The lowest BCUT2D eigenvalue weighted by Gasteiger charge is -2.39. The van der Waals surface area contributed by atoms with E-state index in [4.69, 9.17) is 4.74 Å². The van der Waals surface area contributed by atoms with Gasteiger partial charge in [0.05, 0.1) is 5.41 Å². The summed E-state index contributed by atoms with van der Waals surface area (Å²) in [4.78, 5) is 28.7. The number of carbonyl (C=O) groups is 2. The van der Waals surface area contributed by atoms with Gasteiger partial charge in [-0.1, -0.05) is 12.5 Å². The summed E-state index contributed by atoms with van der Waals surface area (Å²) >= 11 is 0. The van der Waals surface area contributed by atoms with Gasteiger partial charge < -0.3 is 10.1 Å². The summed E-state index contributed by atoms with van der Waals surface area (Å²) in [6.45, 7) is 0. The molecule has 4 rings (SSSR count). The average molecular weight is 336 g/mol. The molecule has 1 N–H and O–H groups in total. The largest absolute Gasteiger partial charge is 0.426 e. The Balaban J connectivity index is 1.44. The van der Waals surface area contributed by atoms with Crippen LogP contribution >= 0.6 is 0 Å². The molecule has 0 bridgehead atoms. The van der Waals surface area contributed by atoms with Crippen LogP contribution in [0.15, 0.2) is 48.8 Å². The van der Waals surface area contributed by atoms with Gasteiger partial charge in [-0.2, -0.15) is 0 Å². The maximum Gasteiger partial charge on any atom is 0.322 e. The van der Waals surface area contributed by atoms with E-state index in [1.165, 1.54) is 0 Å². The molecule has 0 unspecified atom stereocenters. The van der Waals surface area contributed by atoms with Crippen molar-refractivity contribution < 1.29 is 14.3 Å². The van der Waals surface area contributed by atoms with Crippen molar-refractivity contribution in [3.05, 3.63) is 54.4 Å². The number of amides is 1. The topological polar surface area (TPSA) is 68.3 Å². The molecule has 2 fully saturated rings. The fourth-order valence-electron chi connectivity index (χ4n) is 3.19. The molecule has 5 nitrogen and oxygen atoms in total. The number of aromatic nitrogens is 1. The molecule has 2 aliphatic carbocycles. The quantitative estimate of drug-likeness (QED) is 0.671. The molecule has 1 amide bonds. The maximum atomic E-state index is 12.8. The van der Waals surface area contributed by atoms with Crippen molar-refractivity contribution in [2.45, 2.75) is 37.5 Å². The number of benzene rings is 1. The molecule has 0 saturated heterocycles. The molecular weight excluding hydrogens is 316 g/mol. The van der Waals surface area contributed by atoms with Crippen LogP contribution in [-0.2, 0) is 15.0 Å². The van der Waals surface area contributed by atoms with E-state index in [-0.39, 0.29) is 17.8 Å². The lowest BCUT2D eigenvalue weighted by Crippen LogP contribution is -2.45. The molecular formula is C20H20N2O3. The normalized spacial score (nSPS) is 18.1. The molecule has 2 aromatic rings. The van der Waals surface area contributed by atoms with Gasteiger partial charge >= 0.3 is 5.97 Å². The van der Waals surface area contributed by atoms with Crippen molar-refractivity contribution >= 4 is 17.6 Å². The molecule has 2 aliphatic rings. The molecule has 0 spiro atoms. The van der Waals surface area contributed by atoms with E-state index in [1.54, 1.807) is 36.7 Å². The maximum absolute atomic E-state index is 12.8. The molecule has 0 aliphatic heterocycles. The van der Waals surface area contributed by atoms with Crippen LogP contribution in [0.2, 0.25) is 0 Å². The predicted octanol–water partition coefficient (Wildman–Crippen LogP) is 3.46. The zero-order valence-electron chi connectivity index (χ0n) is 13.9. The highest BCUT2D eigenvalue weighted by Gasteiger charge is 2.47. The number of hydrogen-bond donors (Lipinski definition) is 1. The minimum atomic E-state index is -0.576. The SMILES string of the molecule is O=C(Nc1ccc(OC(=O)C2(c3cccnc3)CCC2)cc1)C1CC1. The van der Waals surface area contributed by atoms with Crippen LogP contribution in [0.4, 0.5) is 5.69 Å². The van der Waals surface area contributed by atoms with Crippen molar-refractivity contribution in [3.8, 4) is 5.75 Å². The summed E-state index contributed by atoms with van der Waals surface area (Å²) in [7, 11) is 0. The number of pyridine rings is 1. The average Bonchev–Trinajstić information content (AvgIpc) is 3.42. The van der Waals surface area contributed by atoms with Gasteiger partial charge in [-0.25, -0.2) is 0 Å². The van der Waals surface area contributed by atoms with Crippen molar-refractivity contribution in [1.82, 2.24) is 4.98 Å². The van der Waals surface area contributed by atoms with Crippen LogP contribution < -0.4 is 10.1 Å². The van der Waals surface area contributed by atoms with Crippen LogP contribution in [0.3, 0.4) is 0 Å². The molecule has 5 heteroatoms. The Hall–Kier alpha value is -2.69. The van der Waals surface area contributed by atoms with E-state index in [0.29, 0.717) is 5.75 Å². The zero-order chi connectivity index (χ0) is 17.3. The standard InChI is InChI=1S/C20H20N2O3/c23-18(14-4-5-14)22-16-6-8-17(9-7-16)25-19(24)20(10-2-11-20)15-3-1-12-21-13-15/h1,3,6-9,12-14H,2,4-5,10-11H2,(H,22,23). The fraction of sp³-hybridized carbons (Fsp3) is 0.350. The molecule has 1 aromatic carbocycles. The highest BCUT2D eigenvalue weighted by Crippen LogP contribution is 2.44. The lowest BCUT2D eigenvalue weighted by molar-refractivity contribution is -0.144. The van der Waals surface area contributed by atoms with Gasteiger partial charge in [-0.05, 0) is 61.6 Å². The van der Waals surface area contributed by atoms with Gasteiger partial charge in [0, 0.05) is 24.0 Å². The second-order valence-electron chi connectivity index (χ2n) is 6.85. The highest BCUT2D eigenvalue weighted by atomic mass is 16.5. The van der Waals surface area contributed by atoms with E-state index in [1.807, 2.05) is 12.1 Å². The fourth-order valence-corrected chi connectivity index (χ4v) is 3.19. The second kappa shape index (κ2) is 6.31. The smallest absolute Gasteiger partial charge is 0.322 e. The summed E-state index contributed by atoms with van der Waals surface area (Å²) in [6, 6.07) is 10.7. The van der Waals surface area contributed by atoms with Crippen molar-refractivity contribution in [2.24, 2.45) is 5.92 Å². The zero-order valence-corrected chi connectivity index (χ0v) is 13.9. The van der Waals surface area contributed by atoms with E-state index in [9.17, 15) is 9.59 Å².